The summed E-state index contributed by atoms with van der Waals surface area (Å²) in [4.78, 5) is 12.7. The van der Waals surface area contributed by atoms with Crippen LogP contribution in [0.2, 0.25) is 0 Å². The van der Waals surface area contributed by atoms with Crippen LogP contribution in [0.4, 0.5) is 0 Å². The fraction of sp³-hybridized carbons (Fsp3) is 0.562. The van der Waals surface area contributed by atoms with Gasteiger partial charge in [-0.25, -0.2) is 0 Å². The Hall–Kier alpha value is -1.31. The Bertz CT molecular complexity index is 442. The first-order valence-corrected chi connectivity index (χ1v) is 6.88. The maximum Gasteiger partial charge on any atom is 0.169 e. The summed E-state index contributed by atoms with van der Waals surface area (Å²) in [5.74, 6) is 1.12. The molecular formula is C16H22O2. The van der Waals surface area contributed by atoms with Crippen molar-refractivity contribution in [1.82, 2.24) is 0 Å². The quantitative estimate of drug-likeness (QED) is 0.784. The second-order valence-electron chi connectivity index (χ2n) is 5.31. The standard InChI is InChI=1S/C16H22O2/c1-4-8-16(9-5-2)11-12-6-7-13(18-3)10-14(12)15(16)17/h6-7,10H,4-5,8-9,11H2,1-3H3. The Labute approximate surface area is 109 Å². The largest absolute Gasteiger partial charge is 0.497 e. The second-order valence-corrected chi connectivity index (χ2v) is 5.31. The van der Waals surface area contributed by atoms with E-state index in [0.29, 0.717) is 5.78 Å². The lowest BCUT2D eigenvalue weighted by atomic mass is 9.76. The van der Waals surface area contributed by atoms with Crippen LogP contribution in [-0.2, 0) is 6.42 Å². The molecule has 0 heterocycles. The molecule has 0 N–H and O–H groups in total. The molecule has 0 spiro atoms. The molecule has 2 rings (SSSR count). The van der Waals surface area contributed by atoms with Crippen molar-refractivity contribution in [2.75, 3.05) is 7.11 Å². The van der Waals surface area contributed by atoms with Crippen molar-refractivity contribution in [2.24, 2.45) is 5.41 Å². The first-order valence-electron chi connectivity index (χ1n) is 6.88. The molecule has 1 aliphatic carbocycles. The lowest BCUT2D eigenvalue weighted by Gasteiger charge is -2.26. The van der Waals surface area contributed by atoms with E-state index in [-0.39, 0.29) is 5.41 Å². The van der Waals surface area contributed by atoms with Gasteiger partial charge in [0.15, 0.2) is 5.78 Å². The molecule has 0 saturated carbocycles. The maximum atomic E-state index is 12.7. The van der Waals surface area contributed by atoms with E-state index in [1.54, 1.807) is 7.11 Å². The maximum absolute atomic E-state index is 12.7. The van der Waals surface area contributed by atoms with Gasteiger partial charge in [0.25, 0.3) is 0 Å². The SMILES string of the molecule is CCCC1(CCC)Cc2ccc(OC)cc2C1=O. The summed E-state index contributed by atoms with van der Waals surface area (Å²) in [5.41, 5.74) is 1.94. The van der Waals surface area contributed by atoms with Gasteiger partial charge in [-0.1, -0.05) is 32.8 Å². The summed E-state index contributed by atoms with van der Waals surface area (Å²) in [6, 6.07) is 5.92. The minimum atomic E-state index is -0.141. The lowest BCUT2D eigenvalue weighted by molar-refractivity contribution is 0.0785. The number of hydrogen-bond acceptors (Lipinski definition) is 2. The van der Waals surface area contributed by atoms with Crippen LogP contribution in [0.3, 0.4) is 0 Å². The Morgan fingerprint density at radius 3 is 2.44 bits per heavy atom. The predicted octanol–water partition coefficient (Wildman–Crippen LogP) is 4.02. The van der Waals surface area contributed by atoms with Crippen molar-refractivity contribution in [3.8, 4) is 5.75 Å². The van der Waals surface area contributed by atoms with Crippen molar-refractivity contribution in [3.05, 3.63) is 29.3 Å². The van der Waals surface area contributed by atoms with Gasteiger partial charge in [0.1, 0.15) is 5.75 Å². The van der Waals surface area contributed by atoms with E-state index in [4.69, 9.17) is 4.74 Å². The molecule has 2 nitrogen and oxygen atoms in total. The minimum absolute atomic E-state index is 0.141. The average Bonchev–Trinajstić information content (AvgIpc) is 2.64. The third-order valence-corrected chi connectivity index (χ3v) is 4.03. The number of hydrogen-bond donors (Lipinski definition) is 0. The van der Waals surface area contributed by atoms with Gasteiger partial charge in [0.2, 0.25) is 0 Å². The molecule has 0 radical (unpaired) electrons. The van der Waals surface area contributed by atoms with E-state index in [0.717, 1.165) is 43.4 Å². The molecule has 1 aromatic rings. The van der Waals surface area contributed by atoms with Crippen LogP contribution in [-0.4, -0.2) is 12.9 Å². The summed E-state index contributed by atoms with van der Waals surface area (Å²) < 4.78 is 5.22. The molecule has 0 amide bonds. The molecule has 0 bridgehead atoms. The summed E-state index contributed by atoms with van der Waals surface area (Å²) >= 11 is 0. The van der Waals surface area contributed by atoms with E-state index in [1.807, 2.05) is 12.1 Å². The van der Waals surface area contributed by atoms with Gasteiger partial charge in [-0.05, 0) is 37.0 Å². The zero-order valence-corrected chi connectivity index (χ0v) is 11.6. The van der Waals surface area contributed by atoms with Crippen molar-refractivity contribution in [1.29, 1.82) is 0 Å². The lowest BCUT2D eigenvalue weighted by Crippen LogP contribution is -2.27. The van der Waals surface area contributed by atoms with E-state index >= 15 is 0 Å². The van der Waals surface area contributed by atoms with Crippen molar-refractivity contribution < 1.29 is 9.53 Å². The molecule has 2 heteroatoms. The number of fused-ring (bicyclic) bond motifs is 1. The van der Waals surface area contributed by atoms with Crippen LogP contribution >= 0.6 is 0 Å². The molecule has 0 atom stereocenters. The fourth-order valence-electron chi connectivity index (χ4n) is 3.26. The zero-order chi connectivity index (χ0) is 13.2. The van der Waals surface area contributed by atoms with Crippen LogP contribution in [0.5, 0.6) is 5.75 Å². The highest BCUT2D eigenvalue weighted by molar-refractivity contribution is 6.05. The Balaban J connectivity index is 2.38. The number of Topliss-reactive ketones (excluding diaryl/α,β-unsaturated/α-hetero) is 1. The van der Waals surface area contributed by atoms with Gasteiger partial charge >= 0.3 is 0 Å². The molecule has 1 aromatic carbocycles. The highest BCUT2D eigenvalue weighted by atomic mass is 16.5. The molecule has 0 aliphatic heterocycles. The molecule has 0 aromatic heterocycles. The summed E-state index contributed by atoms with van der Waals surface area (Å²) in [6.45, 7) is 4.32. The highest BCUT2D eigenvalue weighted by Crippen LogP contribution is 2.44. The summed E-state index contributed by atoms with van der Waals surface area (Å²) in [7, 11) is 1.65. The number of methoxy groups -OCH3 is 1. The van der Waals surface area contributed by atoms with Crippen LogP contribution in [0, 0.1) is 5.41 Å². The number of ether oxygens (including phenoxy) is 1. The molecular weight excluding hydrogens is 224 g/mol. The number of rotatable bonds is 5. The van der Waals surface area contributed by atoms with Crippen LogP contribution in [0.1, 0.15) is 55.5 Å². The number of benzene rings is 1. The van der Waals surface area contributed by atoms with Crippen LogP contribution in [0.25, 0.3) is 0 Å². The molecule has 0 unspecified atom stereocenters. The first-order chi connectivity index (χ1) is 8.66. The molecule has 0 saturated heterocycles. The first kappa shape index (κ1) is 13.1. The summed E-state index contributed by atoms with van der Waals surface area (Å²) in [6.07, 6.45) is 5.04. The third kappa shape index (κ3) is 2.05. The number of ketones is 1. The van der Waals surface area contributed by atoms with Crippen LogP contribution in [0.15, 0.2) is 18.2 Å². The smallest absolute Gasteiger partial charge is 0.169 e. The fourth-order valence-corrected chi connectivity index (χ4v) is 3.26. The van der Waals surface area contributed by atoms with Gasteiger partial charge in [-0.3, -0.25) is 4.79 Å². The topological polar surface area (TPSA) is 26.3 Å². The second kappa shape index (κ2) is 5.13. The Morgan fingerprint density at radius 2 is 1.89 bits per heavy atom. The minimum Gasteiger partial charge on any atom is -0.497 e. The van der Waals surface area contributed by atoms with E-state index < -0.39 is 0 Å². The Kier molecular flexibility index (Phi) is 3.74. The van der Waals surface area contributed by atoms with Gasteiger partial charge in [0, 0.05) is 11.0 Å². The zero-order valence-electron chi connectivity index (χ0n) is 11.6. The van der Waals surface area contributed by atoms with Gasteiger partial charge in [0.05, 0.1) is 7.11 Å². The van der Waals surface area contributed by atoms with E-state index in [1.165, 1.54) is 5.56 Å². The van der Waals surface area contributed by atoms with Gasteiger partial charge < -0.3 is 4.74 Å². The van der Waals surface area contributed by atoms with Crippen molar-refractivity contribution in [2.45, 2.75) is 46.0 Å². The average molecular weight is 246 g/mol. The predicted molar refractivity (Wildman–Crippen MR) is 73.3 cm³/mol. The van der Waals surface area contributed by atoms with Gasteiger partial charge in [-0.15, -0.1) is 0 Å². The van der Waals surface area contributed by atoms with Crippen molar-refractivity contribution >= 4 is 5.78 Å². The van der Waals surface area contributed by atoms with Gasteiger partial charge in [-0.2, -0.15) is 0 Å². The van der Waals surface area contributed by atoms with Crippen LogP contribution < -0.4 is 4.74 Å². The molecule has 98 valence electrons. The molecule has 18 heavy (non-hydrogen) atoms. The summed E-state index contributed by atoms with van der Waals surface area (Å²) in [5, 5.41) is 0. The van der Waals surface area contributed by atoms with E-state index in [2.05, 4.69) is 19.9 Å². The number of carbonyl (C=O) groups excluding carboxylic acids is 1. The third-order valence-electron chi connectivity index (χ3n) is 4.03. The monoisotopic (exact) mass is 246 g/mol. The van der Waals surface area contributed by atoms with E-state index in [9.17, 15) is 4.79 Å². The molecule has 0 fully saturated rings. The molecule has 1 aliphatic rings. The highest BCUT2D eigenvalue weighted by Gasteiger charge is 2.43. The number of carbonyl (C=O) groups is 1. The van der Waals surface area contributed by atoms with Crippen molar-refractivity contribution in [3.63, 3.8) is 0 Å². The Morgan fingerprint density at radius 1 is 1.22 bits per heavy atom. The normalized spacial score (nSPS) is 16.7.